The van der Waals surface area contributed by atoms with Crippen LogP contribution in [0.25, 0.3) is 11.3 Å². The Balaban J connectivity index is 1.90. The molecule has 0 radical (unpaired) electrons. The Labute approximate surface area is 111 Å². The van der Waals surface area contributed by atoms with Gasteiger partial charge in [-0.1, -0.05) is 0 Å². The highest BCUT2D eigenvalue weighted by Gasteiger charge is 2.21. The molecule has 0 saturated carbocycles. The zero-order valence-corrected chi connectivity index (χ0v) is 10.7. The minimum absolute atomic E-state index is 0.0900. The van der Waals surface area contributed by atoms with Crippen LogP contribution in [0.2, 0.25) is 0 Å². The molecule has 0 saturated heterocycles. The van der Waals surface area contributed by atoms with E-state index in [4.69, 9.17) is 15.2 Å². The van der Waals surface area contributed by atoms with E-state index in [9.17, 15) is 0 Å². The fourth-order valence-electron chi connectivity index (χ4n) is 2.19. The smallest absolute Gasteiger partial charge is 0.233 e. The van der Waals surface area contributed by atoms with E-state index in [0.717, 1.165) is 23.4 Å². The summed E-state index contributed by atoms with van der Waals surface area (Å²) in [6, 6.07) is 9.72. The SMILES string of the molecule is COc1ccc(-c2ccc3c(c2)C[C@H](CN)O3)nn1. The molecule has 2 heterocycles. The molecule has 5 nitrogen and oxygen atoms in total. The second-order valence-corrected chi connectivity index (χ2v) is 4.46. The van der Waals surface area contributed by atoms with Crippen LogP contribution in [0, 0.1) is 0 Å². The predicted molar refractivity (Wildman–Crippen MR) is 71.2 cm³/mol. The Kier molecular flexibility index (Phi) is 3.05. The molecule has 0 unspecified atom stereocenters. The molecule has 0 fully saturated rings. The van der Waals surface area contributed by atoms with E-state index >= 15 is 0 Å². The van der Waals surface area contributed by atoms with Crippen molar-refractivity contribution in [2.24, 2.45) is 5.73 Å². The van der Waals surface area contributed by atoms with E-state index in [1.807, 2.05) is 18.2 Å². The van der Waals surface area contributed by atoms with Crippen molar-refractivity contribution >= 4 is 0 Å². The molecule has 1 aliphatic heterocycles. The van der Waals surface area contributed by atoms with Crippen LogP contribution in [0.15, 0.2) is 30.3 Å². The van der Waals surface area contributed by atoms with Gasteiger partial charge in [0, 0.05) is 24.6 Å². The van der Waals surface area contributed by atoms with Crippen molar-refractivity contribution in [2.45, 2.75) is 12.5 Å². The van der Waals surface area contributed by atoms with Crippen LogP contribution in [0.4, 0.5) is 0 Å². The van der Waals surface area contributed by atoms with Crippen molar-refractivity contribution < 1.29 is 9.47 Å². The molecule has 0 spiro atoms. The highest BCUT2D eigenvalue weighted by molar-refractivity contribution is 5.62. The fourth-order valence-corrected chi connectivity index (χ4v) is 2.19. The maximum Gasteiger partial charge on any atom is 0.233 e. The van der Waals surface area contributed by atoms with Gasteiger partial charge < -0.3 is 15.2 Å². The molecule has 5 heteroatoms. The van der Waals surface area contributed by atoms with Gasteiger partial charge in [-0.25, -0.2) is 0 Å². The van der Waals surface area contributed by atoms with Gasteiger partial charge in [0.05, 0.1) is 12.8 Å². The van der Waals surface area contributed by atoms with Gasteiger partial charge in [-0.05, 0) is 29.8 Å². The number of methoxy groups -OCH3 is 1. The maximum atomic E-state index is 5.70. The third kappa shape index (κ3) is 2.24. The highest BCUT2D eigenvalue weighted by Crippen LogP contribution is 2.32. The van der Waals surface area contributed by atoms with Crippen LogP contribution in [0.1, 0.15) is 5.56 Å². The van der Waals surface area contributed by atoms with Gasteiger partial charge >= 0.3 is 0 Å². The normalized spacial score (nSPS) is 16.8. The lowest BCUT2D eigenvalue weighted by Crippen LogP contribution is -2.24. The van der Waals surface area contributed by atoms with Crippen LogP contribution >= 0.6 is 0 Å². The van der Waals surface area contributed by atoms with Crippen molar-refractivity contribution in [1.29, 1.82) is 0 Å². The Morgan fingerprint density at radius 3 is 2.89 bits per heavy atom. The van der Waals surface area contributed by atoms with Crippen molar-refractivity contribution in [3.8, 4) is 22.9 Å². The number of ether oxygens (including phenoxy) is 2. The molecular weight excluding hydrogens is 242 g/mol. The number of hydrogen-bond donors (Lipinski definition) is 1. The third-order valence-electron chi connectivity index (χ3n) is 3.21. The molecule has 0 bridgehead atoms. The van der Waals surface area contributed by atoms with Gasteiger partial charge in [0.15, 0.2) is 0 Å². The van der Waals surface area contributed by atoms with Crippen molar-refractivity contribution in [2.75, 3.05) is 13.7 Å². The van der Waals surface area contributed by atoms with E-state index in [0.29, 0.717) is 12.4 Å². The lowest BCUT2D eigenvalue weighted by molar-refractivity contribution is 0.241. The standard InChI is InChI=1S/C14H15N3O2/c1-18-14-5-3-12(16-17-14)9-2-4-13-10(6-9)7-11(8-15)19-13/h2-6,11H,7-8,15H2,1H3/t11-/m1/s1. The molecule has 1 aromatic heterocycles. The summed E-state index contributed by atoms with van der Waals surface area (Å²) in [6.45, 7) is 0.534. The monoisotopic (exact) mass is 257 g/mol. The molecule has 2 aromatic rings. The van der Waals surface area contributed by atoms with E-state index in [1.165, 1.54) is 5.56 Å². The van der Waals surface area contributed by atoms with E-state index in [1.54, 1.807) is 13.2 Å². The van der Waals surface area contributed by atoms with Gasteiger partial charge in [-0.2, -0.15) is 0 Å². The topological polar surface area (TPSA) is 70.3 Å². The molecule has 3 rings (SSSR count). The molecule has 98 valence electrons. The van der Waals surface area contributed by atoms with Crippen molar-refractivity contribution in [1.82, 2.24) is 10.2 Å². The van der Waals surface area contributed by atoms with E-state index in [-0.39, 0.29) is 6.10 Å². The first kappa shape index (κ1) is 11.9. The third-order valence-corrected chi connectivity index (χ3v) is 3.21. The second-order valence-electron chi connectivity index (χ2n) is 4.46. The molecule has 0 aliphatic carbocycles. The fraction of sp³-hybridized carbons (Fsp3) is 0.286. The van der Waals surface area contributed by atoms with Gasteiger partial charge in [0.25, 0.3) is 0 Å². The average molecular weight is 257 g/mol. The zero-order chi connectivity index (χ0) is 13.2. The minimum Gasteiger partial charge on any atom is -0.488 e. The minimum atomic E-state index is 0.0900. The molecule has 1 aromatic carbocycles. The van der Waals surface area contributed by atoms with Gasteiger partial charge in [-0.15, -0.1) is 10.2 Å². The molecule has 19 heavy (non-hydrogen) atoms. The van der Waals surface area contributed by atoms with Crippen LogP contribution < -0.4 is 15.2 Å². The summed E-state index contributed by atoms with van der Waals surface area (Å²) in [7, 11) is 1.57. The molecule has 2 N–H and O–H groups in total. The van der Waals surface area contributed by atoms with E-state index < -0.39 is 0 Å². The lowest BCUT2D eigenvalue weighted by Gasteiger charge is -2.06. The van der Waals surface area contributed by atoms with Crippen molar-refractivity contribution in [3.63, 3.8) is 0 Å². The van der Waals surface area contributed by atoms with Gasteiger partial charge in [-0.3, -0.25) is 0 Å². The lowest BCUT2D eigenvalue weighted by atomic mass is 10.0. The zero-order valence-electron chi connectivity index (χ0n) is 10.7. The predicted octanol–water partition coefficient (Wildman–Crippen LogP) is 1.41. The number of aromatic nitrogens is 2. The Morgan fingerprint density at radius 2 is 2.21 bits per heavy atom. The first-order valence-corrected chi connectivity index (χ1v) is 6.18. The summed E-state index contributed by atoms with van der Waals surface area (Å²) < 4.78 is 10.7. The second kappa shape index (κ2) is 4.85. The summed E-state index contributed by atoms with van der Waals surface area (Å²) in [5, 5.41) is 8.12. The van der Waals surface area contributed by atoms with Crippen LogP contribution in [0.5, 0.6) is 11.6 Å². The van der Waals surface area contributed by atoms with Crippen molar-refractivity contribution in [3.05, 3.63) is 35.9 Å². The number of nitrogens with two attached hydrogens (primary N) is 1. The van der Waals surface area contributed by atoms with Crippen LogP contribution in [0.3, 0.4) is 0 Å². The van der Waals surface area contributed by atoms with E-state index in [2.05, 4.69) is 16.3 Å². The summed E-state index contributed by atoms with van der Waals surface area (Å²) in [5.74, 6) is 1.43. The summed E-state index contributed by atoms with van der Waals surface area (Å²) >= 11 is 0. The first-order chi connectivity index (χ1) is 9.30. The Morgan fingerprint density at radius 1 is 1.32 bits per heavy atom. The number of benzene rings is 1. The average Bonchev–Trinajstić information content (AvgIpc) is 2.89. The summed E-state index contributed by atoms with van der Waals surface area (Å²) in [6.07, 6.45) is 0.940. The number of hydrogen-bond acceptors (Lipinski definition) is 5. The molecule has 0 amide bonds. The summed E-state index contributed by atoms with van der Waals surface area (Å²) in [4.78, 5) is 0. The number of nitrogens with zero attached hydrogens (tertiary/aromatic N) is 2. The molecule has 1 aliphatic rings. The number of rotatable bonds is 3. The highest BCUT2D eigenvalue weighted by atomic mass is 16.5. The molecule has 1 atom stereocenters. The number of fused-ring (bicyclic) bond motifs is 1. The van der Waals surface area contributed by atoms with Gasteiger partial charge in [0.1, 0.15) is 11.9 Å². The Hall–Kier alpha value is -2.14. The quantitative estimate of drug-likeness (QED) is 0.900. The molecular formula is C14H15N3O2. The largest absolute Gasteiger partial charge is 0.488 e. The van der Waals surface area contributed by atoms with Crippen LogP contribution in [-0.4, -0.2) is 30.0 Å². The first-order valence-electron chi connectivity index (χ1n) is 6.18. The maximum absolute atomic E-state index is 5.70. The van der Waals surface area contributed by atoms with Gasteiger partial charge in [0.2, 0.25) is 5.88 Å². The summed E-state index contributed by atoms with van der Waals surface area (Å²) in [5.41, 5.74) is 8.65. The Bertz CT molecular complexity index is 584. The van der Waals surface area contributed by atoms with Crippen LogP contribution in [-0.2, 0) is 6.42 Å².